The number of hydrogen-bond acceptors (Lipinski definition) is 5. The van der Waals surface area contributed by atoms with Crippen molar-refractivity contribution in [2.75, 3.05) is 0 Å². The summed E-state index contributed by atoms with van der Waals surface area (Å²) in [5.74, 6) is -0.449. The maximum atomic E-state index is 13.6. The molecule has 4 rings (SSSR count). The molecule has 0 unspecified atom stereocenters. The minimum Gasteiger partial charge on any atom is -0.360 e. The Morgan fingerprint density at radius 2 is 1.88 bits per heavy atom. The first-order chi connectivity index (χ1) is 12.1. The summed E-state index contributed by atoms with van der Waals surface area (Å²) in [4.78, 5) is 15.7. The van der Waals surface area contributed by atoms with E-state index in [1.165, 1.54) is 6.07 Å². The second kappa shape index (κ2) is 5.90. The van der Waals surface area contributed by atoms with Crippen LogP contribution >= 0.6 is 0 Å². The highest BCUT2D eigenvalue weighted by atomic mass is 19.2. The second-order valence-electron chi connectivity index (χ2n) is 5.30. The summed E-state index contributed by atoms with van der Waals surface area (Å²) in [5.41, 5.74) is 1.90. The van der Waals surface area contributed by atoms with Crippen LogP contribution < -0.4 is 0 Å². The molecule has 0 aliphatic carbocycles. The molecule has 3 aromatic heterocycles. The lowest BCUT2D eigenvalue weighted by Crippen LogP contribution is -1.90. The quantitative estimate of drug-likeness (QED) is 0.614. The predicted octanol–water partition coefficient (Wildman–Crippen LogP) is 3.78. The highest BCUT2D eigenvalue weighted by Gasteiger charge is 2.20. The van der Waals surface area contributed by atoms with Gasteiger partial charge in [0.05, 0.1) is 11.3 Å². The standard InChI is InChI=1S/C17H11F2N5O/c1-9-14(13-8-22-17(23-13)16-20-5-2-6-21-16)15(24-25-9)10-3-4-11(18)12(19)7-10/h2-8H,1H3,(H,22,23). The fraction of sp³-hybridized carbons (Fsp3) is 0.0588. The zero-order chi connectivity index (χ0) is 17.4. The Hall–Kier alpha value is -3.42. The van der Waals surface area contributed by atoms with Gasteiger partial charge in [-0.3, -0.25) is 0 Å². The van der Waals surface area contributed by atoms with Crippen molar-refractivity contribution in [2.24, 2.45) is 0 Å². The van der Waals surface area contributed by atoms with Gasteiger partial charge in [0.2, 0.25) is 0 Å². The molecule has 1 N–H and O–H groups in total. The van der Waals surface area contributed by atoms with Crippen LogP contribution in [0, 0.1) is 18.6 Å². The maximum Gasteiger partial charge on any atom is 0.195 e. The van der Waals surface area contributed by atoms with Crippen LogP contribution in [0.3, 0.4) is 0 Å². The Bertz CT molecular complexity index is 1040. The SMILES string of the molecule is Cc1onc(-c2ccc(F)c(F)c2)c1-c1c[nH]c(-c2ncccn2)n1. The van der Waals surface area contributed by atoms with Crippen molar-refractivity contribution in [2.45, 2.75) is 6.92 Å². The molecule has 124 valence electrons. The van der Waals surface area contributed by atoms with Gasteiger partial charge >= 0.3 is 0 Å². The van der Waals surface area contributed by atoms with Crippen molar-refractivity contribution in [1.29, 1.82) is 0 Å². The summed E-state index contributed by atoms with van der Waals surface area (Å²) in [7, 11) is 0. The normalized spacial score (nSPS) is 11.0. The largest absolute Gasteiger partial charge is 0.360 e. The molecule has 0 bridgehead atoms. The van der Waals surface area contributed by atoms with Crippen LogP contribution in [0.4, 0.5) is 8.78 Å². The zero-order valence-electron chi connectivity index (χ0n) is 13.0. The summed E-state index contributed by atoms with van der Waals surface area (Å²) in [6.45, 7) is 1.72. The number of aryl methyl sites for hydroxylation is 1. The smallest absolute Gasteiger partial charge is 0.195 e. The lowest BCUT2D eigenvalue weighted by molar-refractivity contribution is 0.400. The number of benzene rings is 1. The molecule has 3 heterocycles. The van der Waals surface area contributed by atoms with Crippen molar-refractivity contribution >= 4 is 0 Å². The van der Waals surface area contributed by atoms with Crippen molar-refractivity contribution in [3.8, 4) is 34.2 Å². The van der Waals surface area contributed by atoms with E-state index >= 15 is 0 Å². The molecule has 0 fully saturated rings. The van der Waals surface area contributed by atoms with Crippen molar-refractivity contribution in [1.82, 2.24) is 25.1 Å². The summed E-state index contributed by atoms with van der Waals surface area (Å²) in [6, 6.07) is 5.27. The highest BCUT2D eigenvalue weighted by Crippen LogP contribution is 2.34. The predicted molar refractivity (Wildman–Crippen MR) is 85.2 cm³/mol. The molecular weight excluding hydrogens is 328 g/mol. The molecule has 0 aliphatic rings. The third-order valence-corrected chi connectivity index (χ3v) is 3.67. The Balaban J connectivity index is 1.80. The molecule has 0 saturated carbocycles. The Morgan fingerprint density at radius 1 is 1.08 bits per heavy atom. The van der Waals surface area contributed by atoms with Gasteiger partial charge < -0.3 is 9.51 Å². The van der Waals surface area contributed by atoms with Gasteiger partial charge in [0.25, 0.3) is 0 Å². The molecule has 0 spiro atoms. The van der Waals surface area contributed by atoms with Crippen molar-refractivity contribution < 1.29 is 13.3 Å². The first-order valence-corrected chi connectivity index (χ1v) is 7.38. The average molecular weight is 339 g/mol. The number of nitrogens with one attached hydrogen (secondary N) is 1. The average Bonchev–Trinajstić information content (AvgIpc) is 3.25. The van der Waals surface area contributed by atoms with Gasteiger partial charge in [-0.25, -0.2) is 23.7 Å². The van der Waals surface area contributed by atoms with Crippen LogP contribution in [0.15, 0.2) is 47.4 Å². The van der Waals surface area contributed by atoms with Crippen LogP contribution in [0.2, 0.25) is 0 Å². The highest BCUT2D eigenvalue weighted by molar-refractivity contribution is 5.80. The first kappa shape index (κ1) is 15.1. The minimum absolute atomic E-state index is 0.378. The molecule has 1 aromatic carbocycles. The van der Waals surface area contributed by atoms with E-state index in [0.717, 1.165) is 12.1 Å². The van der Waals surface area contributed by atoms with Crippen LogP contribution in [-0.4, -0.2) is 25.1 Å². The maximum absolute atomic E-state index is 13.6. The lowest BCUT2D eigenvalue weighted by Gasteiger charge is -2.01. The summed E-state index contributed by atoms with van der Waals surface area (Å²) in [6.07, 6.45) is 4.89. The van der Waals surface area contributed by atoms with E-state index in [9.17, 15) is 8.78 Å². The van der Waals surface area contributed by atoms with Gasteiger partial charge in [-0.1, -0.05) is 5.16 Å². The molecule has 8 heteroatoms. The summed E-state index contributed by atoms with van der Waals surface area (Å²) < 4.78 is 32.0. The number of aromatic amines is 1. The van der Waals surface area contributed by atoms with Crippen LogP contribution in [0.5, 0.6) is 0 Å². The minimum atomic E-state index is -0.954. The number of imidazole rings is 1. The van der Waals surface area contributed by atoms with Gasteiger partial charge in [-0.05, 0) is 31.2 Å². The molecule has 6 nitrogen and oxygen atoms in total. The van der Waals surface area contributed by atoms with Gasteiger partial charge in [-0.2, -0.15) is 0 Å². The molecule has 0 saturated heterocycles. The van der Waals surface area contributed by atoms with E-state index in [1.54, 1.807) is 31.6 Å². The molecular formula is C17H11F2N5O. The summed E-state index contributed by atoms with van der Waals surface area (Å²) in [5, 5.41) is 3.97. The molecule has 0 amide bonds. The van der Waals surface area contributed by atoms with E-state index in [4.69, 9.17) is 4.52 Å². The van der Waals surface area contributed by atoms with Crippen LogP contribution in [-0.2, 0) is 0 Å². The number of hydrogen-bond donors (Lipinski definition) is 1. The monoisotopic (exact) mass is 339 g/mol. The fourth-order valence-electron chi connectivity index (χ4n) is 2.50. The number of halogens is 2. The van der Waals surface area contributed by atoms with E-state index in [0.29, 0.717) is 39.9 Å². The van der Waals surface area contributed by atoms with Gasteiger partial charge in [0, 0.05) is 24.2 Å². The molecule has 0 atom stereocenters. The third-order valence-electron chi connectivity index (χ3n) is 3.67. The third kappa shape index (κ3) is 2.67. The van der Waals surface area contributed by atoms with Crippen molar-refractivity contribution in [3.05, 3.63) is 60.3 Å². The molecule has 4 aromatic rings. The van der Waals surface area contributed by atoms with E-state index in [2.05, 4.69) is 25.1 Å². The first-order valence-electron chi connectivity index (χ1n) is 7.38. The van der Waals surface area contributed by atoms with Gasteiger partial charge in [0.15, 0.2) is 23.3 Å². The Kier molecular flexibility index (Phi) is 3.57. The number of rotatable bonds is 3. The second-order valence-corrected chi connectivity index (χ2v) is 5.30. The number of H-pyrrole nitrogens is 1. The Labute approximate surface area is 140 Å². The zero-order valence-corrected chi connectivity index (χ0v) is 13.0. The number of aromatic nitrogens is 5. The van der Waals surface area contributed by atoms with Gasteiger partial charge in [-0.15, -0.1) is 0 Å². The van der Waals surface area contributed by atoms with E-state index < -0.39 is 11.6 Å². The van der Waals surface area contributed by atoms with Crippen LogP contribution in [0.1, 0.15) is 5.76 Å². The molecule has 0 aliphatic heterocycles. The number of nitrogens with zero attached hydrogens (tertiary/aromatic N) is 4. The molecule has 0 radical (unpaired) electrons. The Morgan fingerprint density at radius 3 is 2.64 bits per heavy atom. The van der Waals surface area contributed by atoms with E-state index in [1.807, 2.05) is 0 Å². The van der Waals surface area contributed by atoms with Crippen molar-refractivity contribution in [3.63, 3.8) is 0 Å². The van der Waals surface area contributed by atoms with Crippen LogP contribution in [0.25, 0.3) is 34.2 Å². The topological polar surface area (TPSA) is 80.5 Å². The lowest BCUT2D eigenvalue weighted by atomic mass is 10.0. The summed E-state index contributed by atoms with van der Waals surface area (Å²) >= 11 is 0. The molecule has 25 heavy (non-hydrogen) atoms. The van der Waals surface area contributed by atoms with E-state index in [-0.39, 0.29) is 0 Å². The van der Waals surface area contributed by atoms with Gasteiger partial charge in [0.1, 0.15) is 11.5 Å². The fourth-order valence-corrected chi connectivity index (χ4v) is 2.50.